The molecule has 0 fully saturated rings. The number of hydrogen-bond donors (Lipinski definition) is 1. The summed E-state index contributed by atoms with van der Waals surface area (Å²) in [5.74, 6) is 0. The highest BCUT2D eigenvalue weighted by Crippen LogP contribution is 2.12. The Morgan fingerprint density at radius 2 is 1.21 bits per heavy atom. The van der Waals surface area contributed by atoms with E-state index in [9.17, 15) is 0 Å². The Labute approximate surface area is 201 Å². The first kappa shape index (κ1) is 27.6. The molecule has 0 amide bonds. The third-order valence-electron chi connectivity index (χ3n) is 4.51. The fourth-order valence-electron chi connectivity index (χ4n) is 2.80. The molecule has 3 aromatic rings. The van der Waals surface area contributed by atoms with E-state index >= 15 is 0 Å². The highest BCUT2D eigenvalue weighted by atomic mass is 15.1. The van der Waals surface area contributed by atoms with E-state index in [1.807, 2.05) is 81.6 Å². The van der Waals surface area contributed by atoms with Crippen LogP contribution in [0.15, 0.2) is 113 Å². The SMILES string of the molecule is C=C(C)NC1N=CC(c2ccc(C)cc2)=NC1C.CC.Cc1ccccc1.c1ccccc1. The third-order valence-corrected chi connectivity index (χ3v) is 4.51. The fourth-order valence-corrected chi connectivity index (χ4v) is 2.80. The third kappa shape index (κ3) is 11.6. The standard InChI is InChI=1S/C15H19N3.C7H8.C6H6.C2H6/c1-10(2)17-15-12(4)18-14(9-16-15)13-7-5-11(3)6-8-13;1-7-5-3-2-4-6-7;1-2-4-6-5-3-1;1-2/h5-9,12,15,17H,1H2,2-4H3;2-6H,1H3;1-6H;1-2H3. The maximum Gasteiger partial charge on any atom is 0.140 e. The van der Waals surface area contributed by atoms with Gasteiger partial charge in [-0.2, -0.15) is 0 Å². The average molecular weight is 442 g/mol. The number of allylic oxidation sites excluding steroid dienone is 1. The van der Waals surface area contributed by atoms with Crippen LogP contribution in [0.2, 0.25) is 0 Å². The van der Waals surface area contributed by atoms with Crippen LogP contribution in [-0.2, 0) is 0 Å². The Balaban J connectivity index is 0.000000295. The van der Waals surface area contributed by atoms with E-state index in [1.165, 1.54) is 11.1 Å². The first-order chi connectivity index (χ1) is 16.0. The van der Waals surface area contributed by atoms with E-state index in [1.54, 1.807) is 0 Å². The van der Waals surface area contributed by atoms with Crippen LogP contribution in [0.3, 0.4) is 0 Å². The van der Waals surface area contributed by atoms with Crippen LogP contribution in [0.1, 0.15) is 44.4 Å². The molecular formula is C30H39N3. The van der Waals surface area contributed by atoms with E-state index < -0.39 is 0 Å². The quantitative estimate of drug-likeness (QED) is 0.451. The number of aliphatic imine (C=N–C) groups is 2. The van der Waals surface area contributed by atoms with Gasteiger partial charge in [0.25, 0.3) is 0 Å². The van der Waals surface area contributed by atoms with Gasteiger partial charge in [-0.3, -0.25) is 9.98 Å². The summed E-state index contributed by atoms with van der Waals surface area (Å²) in [6, 6.07) is 30.7. The van der Waals surface area contributed by atoms with Crippen LogP contribution in [-0.4, -0.2) is 24.1 Å². The molecule has 0 radical (unpaired) electrons. The number of rotatable bonds is 3. The minimum atomic E-state index is -0.00306. The second-order valence-electron chi connectivity index (χ2n) is 7.58. The van der Waals surface area contributed by atoms with Crippen molar-refractivity contribution in [2.24, 2.45) is 9.98 Å². The lowest BCUT2D eigenvalue weighted by molar-refractivity contribution is 0.505. The molecule has 2 unspecified atom stereocenters. The predicted molar refractivity (Wildman–Crippen MR) is 146 cm³/mol. The molecule has 0 bridgehead atoms. The molecule has 0 saturated heterocycles. The molecule has 0 aromatic heterocycles. The van der Waals surface area contributed by atoms with Crippen LogP contribution < -0.4 is 5.32 Å². The lowest BCUT2D eigenvalue weighted by atomic mass is 10.1. The Kier molecular flexibility index (Phi) is 13.5. The molecule has 174 valence electrons. The average Bonchev–Trinajstić information content (AvgIpc) is 2.84. The molecule has 33 heavy (non-hydrogen) atoms. The summed E-state index contributed by atoms with van der Waals surface area (Å²) in [5, 5.41) is 3.21. The highest BCUT2D eigenvalue weighted by molar-refractivity contribution is 6.38. The number of aryl methyl sites for hydroxylation is 2. The van der Waals surface area contributed by atoms with Gasteiger partial charge in [-0.15, -0.1) is 0 Å². The maximum atomic E-state index is 4.68. The molecule has 1 N–H and O–H groups in total. The maximum absolute atomic E-state index is 4.68. The van der Waals surface area contributed by atoms with Crippen LogP contribution in [0.5, 0.6) is 0 Å². The Morgan fingerprint density at radius 3 is 1.61 bits per heavy atom. The second-order valence-corrected chi connectivity index (χ2v) is 7.58. The molecule has 3 aromatic carbocycles. The van der Waals surface area contributed by atoms with E-state index in [2.05, 4.69) is 79.0 Å². The molecule has 0 saturated carbocycles. The molecule has 1 aliphatic heterocycles. The zero-order chi connectivity index (χ0) is 24.5. The van der Waals surface area contributed by atoms with Crippen LogP contribution in [0, 0.1) is 13.8 Å². The summed E-state index contributed by atoms with van der Waals surface area (Å²) >= 11 is 0. The van der Waals surface area contributed by atoms with Gasteiger partial charge < -0.3 is 5.32 Å². The zero-order valence-electron chi connectivity index (χ0n) is 21.0. The van der Waals surface area contributed by atoms with Crippen molar-refractivity contribution in [3.8, 4) is 0 Å². The van der Waals surface area contributed by atoms with Crippen molar-refractivity contribution in [3.63, 3.8) is 0 Å². The van der Waals surface area contributed by atoms with Crippen LogP contribution >= 0.6 is 0 Å². The first-order valence-corrected chi connectivity index (χ1v) is 11.6. The monoisotopic (exact) mass is 441 g/mol. The highest BCUT2D eigenvalue weighted by Gasteiger charge is 2.19. The van der Waals surface area contributed by atoms with Gasteiger partial charge in [0.15, 0.2) is 0 Å². The minimum Gasteiger partial charge on any atom is -0.366 e. The minimum absolute atomic E-state index is 0.00306. The zero-order valence-corrected chi connectivity index (χ0v) is 21.0. The molecule has 2 atom stereocenters. The summed E-state index contributed by atoms with van der Waals surface area (Å²) in [5.41, 5.74) is 5.55. The molecule has 3 heteroatoms. The lowest BCUT2D eigenvalue weighted by Gasteiger charge is -2.23. The van der Waals surface area contributed by atoms with Crippen LogP contribution in [0.4, 0.5) is 0 Å². The van der Waals surface area contributed by atoms with Gasteiger partial charge in [0, 0.05) is 17.5 Å². The molecule has 3 nitrogen and oxygen atoms in total. The molecule has 0 aliphatic carbocycles. The van der Waals surface area contributed by atoms with Crippen molar-refractivity contribution in [3.05, 3.63) is 120 Å². The van der Waals surface area contributed by atoms with Gasteiger partial charge in [-0.1, -0.05) is 123 Å². The Hall–Kier alpha value is -3.46. The lowest BCUT2D eigenvalue weighted by Crippen LogP contribution is -2.38. The van der Waals surface area contributed by atoms with Gasteiger partial charge in [0.1, 0.15) is 6.17 Å². The van der Waals surface area contributed by atoms with E-state index in [0.717, 1.165) is 17.0 Å². The van der Waals surface area contributed by atoms with Crippen molar-refractivity contribution < 1.29 is 0 Å². The van der Waals surface area contributed by atoms with E-state index in [-0.39, 0.29) is 12.2 Å². The van der Waals surface area contributed by atoms with Crippen molar-refractivity contribution >= 4 is 11.9 Å². The van der Waals surface area contributed by atoms with Crippen LogP contribution in [0.25, 0.3) is 0 Å². The molecule has 1 aliphatic rings. The van der Waals surface area contributed by atoms with Crippen molar-refractivity contribution in [2.45, 2.75) is 53.8 Å². The molecule has 1 heterocycles. The van der Waals surface area contributed by atoms with Gasteiger partial charge in [-0.25, -0.2) is 0 Å². The summed E-state index contributed by atoms with van der Waals surface area (Å²) < 4.78 is 0. The normalized spacial score (nSPS) is 15.8. The summed E-state index contributed by atoms with van der Waals surface area (Å²) in [4.78, 5) is 9.18. The molecular weight excluding hydrogens is 402 g/mol. The number of hydrogen-bond acceptors (Lipinski definition) is 3. The summed E-state index contributed by atoms with van der Waals surface area (Å²) in [6.45, 7) is 16.0. The largest absolute Gasteiger partial charge is 0.366 e. The predicted octanol–water partition coefficient (Wildman–Crippen LogP) is 7.41. The number of benzene rings is 3. The number of nitrogens with zero attached hydrogens (tertiary/aromatic N) is 2. The molecule has 4 rings (SSSR count). The fraction of sp³-hybridized carbons (Fsp3) is 0.267. The molecule has 0 spiro atoms. The number of nitrogens with one attached hydrogen (secondary N) is 1. The summed E-state index contributed by atoms with van der Waals surface area (Å²) in [7, 11) is 0. The van der Waals surface area contributed by atoms with Crippen molar-refractivity contribution in [2.75, 3.05) is 0 Å². The Bertz CT molecular complexity index is 932. The second kappa shape index (κ2) is 16.2. The topological polar surface area (TPSA) is 36.8 Å². The van der Waals surface area contributed by atoms with Crippen molar-refractivity contribution in [1.29, 1.82) is 0 Å². The van der Waals surface area contributed by atoms with E-state index in [4.69, 9.17) is 0 Å². The first-order valence-electron chi connectivity index (χ1n) is 11.6. The van der Waals surface area contributed by atoms with Gasteiger partial charge >= 0.3 is 0 Å². The van der Waals surface area contributed by atoms with Gasteiger partial charge in [0.05, 0.1) is 11.8 Å². The van der Waals surface area contributed by atoms with Gasteiger partial charge in [-0.05, 0) is 27.7 Å². The van der Waals surface area contributed by atoms with E-state index in [0.29, 0.717) is 0 Å². The van der Waals surface area contributed by atoms with Gasteiger partial charge in [0.2, 0.25) is 0 Å². The summed E-state index contributed by atoms with van der Waals surface area (Å²) in [6.07, 6.45) is 1.84. The smallest absolute Gasteiger partial charge is 0.140 e. The van der Waals surface area contributed by atoms with Crippen molar-refractivity contribution in [1.82, 2.24) is 5.32 Å². The Morgan fingerprint density at radius 1 is 0.758 bits per heavy atom.